The molecule has 1 aromatic heterocycles. The number of fused-ring (bicyclic) bond motifs is 1. The van der Waals surface area contributed by atoms with Gasteiger partial charge in [0.05, 0.1) is 52.3 Å². The summed E-state index contributed by atoms with van der Waals surface area (Å²) in [7, 11) is 1.74. The number of benzene rings is 1. The fraction of sp³-hybridized carbons (Fsp3) is 0.676. The number of amides is 3. The number of aromatic nitrogens is 1. The zero-order valence-corrected chi connectivity index (χ0v) is 27.8. The van der Waals surface area contributed by atoms with Gasteiger partial charge in [0, 0.05) is 54.9 Å². The maximum atomic E-state index is 13.7. The molecule has 1 aliphatic carbocycles. The maximum Gasteiger partial charge on any atom is 0.253 e. The van der Waals surface area contributed by atoms with Crippen molar-refractivity contribution in [1.82, 2.24) is 25.0 Å². The lowest BCUT2D eigenvalue weighted by molar-refractivity contribution is -0.140. The van der Waals surface area contributed by atoms with Crippen molar-refractivity contribution in [2.75, 3.05) is 79.5 Å². The van der Waals surface area contributed by atoms with E-state index in [4.69, 9.17) is 19.3 Å². The molecule has 0 bridgehead atoms. The van der Waals surface area contributed by atoms with Crippen LogP contribution in [0.1, 0.15) is 55.1 Å². The molecule has 4 rings (SSSR count). The number of nitrogens with zero attached hydrogens (tertiary/aromatic N) is 3. The third kappa shape index (κ3) is 9.74. The Kier molecular flexibility index (Phi) is 14.3. The standard InChI is InChI=1S/C34H53N5O7/c1-25-23-29-24-28(9-10-30(29)39(25)15-17-44-19-21-46-22-20-45-18-16-40)33(42)37-11-13-38(14-12-37)34(43)31(27-7-5-4-6-8-27)36-32(41)26(2)35-3/h9-10,23-24,26-27,31,35,40H,4-8,11-22H2,1-3H3,(H,36,41)/t26-,31?/m0/s1. The highest BCUT2D eigenvalue weighted by molar-refractivity contribution is 5.98. The molecule has 2 fully saturated rings. The fourth-order valence-corrected chi connectivity index (χ4v) is 6.37. The SMILES string of the molecule is CN[C@@H](C)C(=O)NC(C(=O)N1CCN(C(=O)c2ccc3c(c2)cc(C)n3CCOCCOCCOCCO)CC1)C1CCCCC1. The molecular weight excluding hydrogens is 590 g/mol. The van der Waals surface area contributed by atoms with E-state index in [0.29, 0.717) is 77.9 Å². The number of rotatable bonds is 17. The van der Waals surface area contributed by atoms with Gasteiger partial charge in [0.2, 0.25) is 11.8 Å². The molecule has 2 heterocycles. The van der Waals surface area contributed by atoms with Crippen molar-refractivity contribution in [2.24, 2.45) is 5.92 Å². The molecule has 12 nitrogen and oxygen atoms in total. The number of carbonyl (C=O) groups is 3. The minimum Gasteiger partial charge on any atom is -0.394 e. The van der Waals surface area contributed by atoms with Crippen LogP contribution in [0, 0.1) is 12.8 Å². The number of ether oxygens (including phenoxy) is 3. The largest absolute Gasteiger partial charge is 0.394 e. The first-order valence-electron chi connectivity index (χ1n) is 16.8. The van der Waals surface area contributed by atoms with E-state index in [2.05, 4.69) is 28.2 Å². The third-order valence-electron chi connectivity index (χ3n) is 9.18. The minimum atomic E-state index is -0.526. The second-order valence-corrected chi connectivity index (χ2v) is 12.3. The molecule has 256 valence electrons. The molecule has 2 atom stereocenters. The molecular formula is C34H53N5O7. The van der Waals surface area contributed by atoms with Gasteiger partial charge < -0.3 is 44.3 Å². The summed E-state index contributed by atoms with van der Waals surface area (Å²) in [6.07, 6.45) is 5.21. The average Bonchev–Trinajstić information content (AvgIpc) is 3.40. The Balaban J connectivity index is 1.28. The number of hydrogen-bond acceptors (Lipinski definition) is 8. The Morgan fingerprint density at radius 3 is 2.17 bits per heavy atom. The van der Waals surface area contributed by atoms with Crippen LogP contribution in [-0.4, -0.2) is 129 Å². The van der Waals surface area contributed by atoms with Gasteiger partial charge in [-0.3, -0.25) is 14.4 Å². The second kappa shape index (κ2) is 18.3. The summed E-state index contributed by atoms with van der Waals surface area (Å²) in [6, 6.07) is 7.01. The normalized spacial score (nSPS) is 17.3. The molecule has 0 radical (unpaired) electrons. The number of carbonyl (C=O) groups excluding carboxylic acids is 3. The van der Waals surface area contributed by atoms with Gasteiger partial charge in [-0.05, 0) is 63.9 Å². The lowest BCUT2D eigenvalue weighted by Crippen LogP contribution is -2.59. The van der Waals surface area contributed by atoms with Crippen molar-refractivity contribution in [1.29, 1.82) is 0 Å². The van der Waals surface area contributed by atoms with Crippen molar-refractivity contribution in [3.63, 3.8) is 0 Å². The number of piperazine rings is 1. The average molecular weight is 644 g/mol. The van der Waals surface area contributed by atoms with E-state index < -0.39 is 6.04 Å². The highest BCUT2D eigenvalue weighted by Gasteiger charge is 2.36. The van der Waals surface area contributed by atoms with Crippen LogP contribution in [0.4, 0.5) is 0 Å². The molecule has 1 aliphatic heterocycles. The highest BCUT2D eigenvalue weighted by Crippen LogP contribution is 2.28. The lowest BCUT2D eigenvalue weighted by Gasteiger charge is -2.39. The van der Waals surface area contributed by atoms with Crippen LogP contribution >= 0.6 is 0 Å². The maximum absolute atomic E-state index is 13.7. The van der Waals surface area contributed by atoms with E-state index in [-0.39, 0.29) is 36.3 Å². The van der Waals surface area contributed by atoms with Crippen LogP contribution in [0.2, 0.25) is 0 Å². The molecule has 3 amide bonds. The van der Waals surface area contributed by atoms with Crippen molar-refractivity contribution < 1.29 is 33.7 Å². The molecule has 2 aliphatic rings. The number of aryl methyl sites for hydroxylation is 1. The monoisotopic (exact) mass is 643 g/mol. The molecule has 1 saturated carbocycles. The molecule has 2 aromatic rings. The van der Waals surface area contributed by atoms with Crippen LogP contribution in [0.3, 0.4) is 0 Å². The van der Waals surface area contributed by atoms with Crippen molar-refractivity contribution in [2.45, 2.75) is 64.6 Å². The quantitative estimate of drug-likeness (QED) is 0.223. The molecule has 3 N–H and O–H groups in total. The van der Waals surface area contributed by atoms with Gasteiger partial charge in [-0.2, -0.15) is 0 Å². The molecule has 1 aromatic carbocycles. The second-order valence-electron chi connectivity index (χ2n) is 12.3. The summed E-state index contributed by atoms with van der Waals surface area (Å²) in [4.78, 5) is 43.6. The van der Waals surface area contributed by atoms with Gasteiger partial charge in [0.15, 0.2) is 0 Å². The predicted molar refractivity (Wildman–Crippen MR) is 176 cm³/mol. The summed E-state index contributed by atoms with van der Waals surface area (Å²) in [5.74, 6) is -0.0840. The summed E-state index contributed by atoms with van der Waals surface area (Å²) in [6.45, 7) is 9.11. The Morgan fingerprint density at radius 1 is 0.891 bits per heavy atom. The molecule has 12 heteroatoms. The first-order valence-corrected chi connectivity index (χ1v) is 16.8. The fourth-order valence-electron chi connectivity index (χ4n) is 6.37. The van der Waals surface area contributed by atoms with Gasteiger partial charge >= 0.3 is 0 Å². The van der Waals surface area contributed by atoms with E-state index in [1.807, 2.05) is 28.0 Å². The molecule has 0 spiro atoms. The van der Waals surface area contributed by atoms with Gasteiger partial charge in [-0.15, -0.1) is 0 Å². The Bertz CT molecular complexity index is 1270. The summed E-state index contributed by atoms with van der Waals surface area (Å²) in [5, 5.41) is 15.7. The van der Waals surface area contributed by atoms with Gasteiger partial charge in [-0.25, -0.2) is 0 Å². The Hall–Kier alpha value is -3.03. The van der Waals surface area contributed by atoms with Crippen molar-refractivity contribution >= 4 is 28.6 Å². The van der Waals surface area contributed by atoms with E-state index in [9.17, 15) is 14.4 Å². The van der Waals surface area contributed by atoms with E-state index in [0.717, 1.165) is 42.3 Å². The molecule has 1 unspecified atom stereocenters. The predicted octanol–water partition coefficient (Wildman–Crippen LogP) is 1.95. The zero-order valence-electron chi connectivity index (χ0n) is 27.8. The smallest absolute Gasteiger partial charge is 0.253 e. The Labute approximate surface area is 272 Å². The van der Waals surface area contributed by atoms with E-state index in [1.165, 1.54) is 6.42 Å². The summed E-state index contributed by atoms with van der Waals surface area (Å²) < 4.78 is 18.6. The third-order valence-corrected chi connectivity index (χ3v) is 9.18. The van der Waals surface area contributed by atoms with Gasteiger partial charge in [0.25, 0.3) is 5.91 Å². The summed E-state index contributed by atoms with van der Waals surface area (Å²) >= 11 is 0. The van der Waals surface area contributed by atoms with E-state index in [1.54, 1.807) is 14.0 Å². The summed E-state index contributed by atoms with van der Waals surface area (Å²) in [5.41, 5.74) is 2.78. The first kappa shape index (κ1) is 35.8. The zero-order chi connectivity index (χ0) is 32.9. The number of aliphatic hydroxyl groups excluding tert-OH is 1. The number of likely N-dealkylation sites (N-methyl/N-ethyl adjacent to an activating group) is 1. The number of hydrogen-bond donors (Lipinski definition) is 3. The van der Waals surface area contributed by atoms with Crippen molar-refractivity contribution in [3.05, 3.63) is 35.5 Å². The van der Waals surface area contributed by atoms with Crippen LogP contribution in [0.5, 0.6) is 0 Å². The van der Waals surface area contributed by atoms with Crippen LogP contribution in [0.15, 0.2) is 24.3 Å². The van der Waals surface area contributed by atoms with Crippen LogP contribution in [-0.2, 0) is 30.3 Å². The number of aliphatic hydroxyl groups is 1. The van der Waals surface area contributed by atoms with Gasteiger partial charge in [0.1, 0.15) is 6.04 Å². The molecule has 1 saturated heterocycles. The Morgan fingerprint density at radius 2 is 1.52 bits per heavy atom. The first-order chi connectivity index (χ1) is 22.3. The topological polar surface area (TPSA) is 135 Å². The molecule has 46 heavy (non-hydrogen) atoms. The lowest BCUT2D eigenvalue weighted by atomic mass is 9.83. The van der Waals surface area contributed by atoms with Crippen LogP contribution in [0.25, 0.3) is 10.9 Å². The van der Waals surface area contributed by atoms with Crippen LogP contribution < -0.4 is 10.6 Å². The highest BCUT2D eigenvalue weighted by atomic mass is 16.5. The van der Waals surface area contributed by atoms with Gasteiger partial charge in [-0.1, -0.05) is 19.3 Å². The number of nitrogens with one attached hydrogen (secondary N) is 2. The minimum absolute atomic E-state index is 0.0105. The van der Waals surface area contributed by atoms with Crippen molar-refractivity contribution in [3.8, 4) is 0 Å². The van der Waals surface area contributed by atoms with E-state index >= 15 is 0 Å².